The summed E-state index contributed by atoms with van der Waals surface area (Å²) >= 11 is 0.787. The van der Waals surface area contributed by atoms with Gasteiger partial charge in [0.1, 0.15) is 11.5 Å². The molecule has 0 fully saturated rings. The summed E-state index contributed by atoms with van der Waals surface area (Å²) in [5, 5.41) is 16.3. The zero-order chi connectivity index (χ0) is 11.0. The highest BCUT2D eigenvalue weighted by Crippen LogP contribution is 2.09. The SMILES string of the molecule is O=C(O)CSOC(=O)OSCC(=O)O. The van der Waals surface area contributed by atoms with E-state index in [2.05, 4.69) is 8.37 Å². The van der Waals surface area contributed by atoms with E-state index < -0.39 is 29.6 Å². The average molecular weight is 242 g/mol. The molecule has 0 aliphatic carbocycles. The van der Waals surface area contributed by atoms with Gasteiger partial charge >= 0.3 is 18.1 Å². The van der Waals surface area contributed by atoms with Crippen molar-refractivity contribution in [2.75, 3.05) is 11.5 Å². The first-order chi connectivity index (χ1) is 6.52. The molecule has 14 heavy (non-hydrogen) atoms. The van der Waals surface area contributed by atoms with Gasteiger partial charge in [-0.3, -0.25) is 9.59 Å². The van der Waals surface area contributed by atoms with Gasteiger partial charge in [0.25, 0.3) is 0 Å². The van der Waals surface area contributed by atoms with Gasteiger partial charge in [-0.2, -0.15) is 0 Å². The molecule has 0 rings (SSSR count). The first kappa shape index (κ1) is 12.9. The van der Waals surface area contributed by atoms with Crippen LogP contribution in [0.5, 0.6) is 0 Å². The molecule has 7 nitrogen and oxygen atoms in total. The van der Waals surface area contributed by atoms with Crippen LogP contribution in [-0.4, -0.2) is 39.8 Å². The lowest BCUT2D eigenvalue weighted by Gasteiger charge is -1.99. The lowest BCUT2D eigenvalue weighted by Crippen LogP contribution is -2.05. The predicted octanol–water partition coefficient (Wildman–Crippen LogP) is 0.605. The molecule has 0 saturated carbocycles. The van der Waals surface area contributed by atoms with Crippen LogP contribution in [0.25, 0.3) is 0 Å². The summed E-state index contributed by atoms with van der Waals surface area (Å²) in [5.74, 6) is -3.08. The van der Waals surface area contributed by atoms with E-state index in [-0.39, 0.29) is 0 Å². The summed E-state index contributed by atoms with van der Waals surface area (Å²) in [6.07, 6.45) is -1.14. The molecule has 0 aliphatic heterocycles. The number of hydrogen-bond donors (Lipinski definition) is 2. The Kier molecular flexibility index (Phi) is 6.76. The standard InChI is InChI=1S/C5H6O7S2/c6-3(7)1-13-11-5(10)12-14-2-4(8)9/h1-2H2,(H,6,7)(H,8,9). The summed E-state index contributed by atoms with van der Waals surface area (Å²) < 4.78 is 8.39. The van der Waals surface area contributed by atoms with Crippen LogP contribution in [0.15, 0.2) is 0 Å². The Morgan fingerprint density at radius 1 is 0.929 bits per heavy atom. The summed E-state index contributed by atoms with van der Waals surface area (Å²) in [6.45, 7) is 0. The smallest absolute Gasteiger partial charge is 0.481 e. The first-order valence-corrected chi connectivity index (χ1v) is 4.91. The van der Waals surface area contributed by atoms with E-state index in [1.807, 2.05) is 0 Å². The Morgan fingerprint density at radius 2 is 1.29 bits per heavy atom. The monoisotopic (exact) mass is 242 g/mol. The largest absolute Gasteiger partial charge is 0.533 e. The van der Waals surface area contributed by atoms with Gasteiger partial charge in [-0.05, 0) is 0 Å². The molecule has 0 saturated heterocycles. The molecule has 0 aromatic carbocycles. The molecule has 0 atom stereocenters. The highest BCUT2D eigenvalue weighted by molar-refractivity contribution is 7.96. The van der Waals surface area contributed by atoms with Crippen LogP contribution in [0.3, 0.4) is 0 Å². The minimum absolute atomic E-state index is 0.393. The molecule has 0 heterocycles. The Labute approximate surface area is 87.2 Å². The summed E-state index contributed by atoms with van der Waals surface area (Å²) in [6, 6.07) is 0. The number of hydrogen-bond acceptors (Lipinski definition) is 7. The molecule has 9 heteroatoms. The van der Waals surface area contributed by atoms with E-state index in [9.17, 15) is 14.4 Å². The topological polar surface area (TPSA) is 110 Å². The van der Waals surface area contributed by atoms with E-state index >= 15 is 0 Å². The second kappa shape index (κ2) is 7.33. The van der Waals surface area contributed by atoms with Crippen LogP contribution in [0.4, 0.5) is 4.79 Å². The van der Waals surface area contributed by atoms with Gasteiger partial charge in [0.15, 0.2) is 0 Å². The lowest BCUT2D eigenvalue weighted by atomic mass is 10.8. The van der Waals surface area contributed by atoms with Crippen molar-refractivity contribution in [2.24, 2.45) is 0 Å². The third-order valence-corrected chi connectivity index (χ3v) is 1.86. The van der Waals surface area contributed by atoms with Gasteiger partial charge in [0, 0.05) is 0 Å². The second-order valence-corrected chi connectivity index (χ2v) is 3.11. The fourth-order valence-corrected chi connectivity index (χ4v) is 0.893. The molecule has 0 radical (unpaired) electrons. The van der Waals surface area contributed by atoms with E-state index in [0.717, 1.165) is 0 Å². The zero-order valence-electron chi connectivity index (χ0n) is 6.67. The van der Waals surface area contributed by atoms with Crippen molar-refractivity contribution in [3.63, 3.8) is 0 Å². The highest BCUT2D eigenvalue weighted by atomic mass is 32.2. The number of rotatable bonds is 6. The van der Waals surface area contributed by atoms with Gasteiger partial charge in [-0.25, -0.2) is 4.79 Å². The molecular formula is C5H6O7S2. The second-order valence-electron chi connectivity index (χ2n) is 1.73. The van der Waals surface area contributed by atoms with Crippen molar-refractivity contribution >= 4 is 42.2 Å². The zero-order valence-corrected chi connectivity index (χ0v) is 8.30. The summed E-state index contributed by atoms with van der Waals surface area (Å²) in [7, 11) is 0. The van der Waals surface area contributed by atoms with Crippen molar-refractivity contribution in [1.82, 2.24) is 0 Å². The van der Waals surface area contributed by atoms with Crippen LogP contribution >= 0.6 is 24.1 Å². The van der Waals surface area contributed by atoms with Crippen molar-refractivity contribution in [1.29, 1.82) is 0 Å². The molecule has 0 unspecified atom stereocenters. The van der Waals surface area contributed by atoms with Crippen molar-refractivity contribution < 1.29 is 33.0 Å². The van der Waals surface area contributed by atoms with E-state index in [1.54, 1.807) is 0 Å². The summed E-state index contributed by atoms with van der Waals surface area (Å²) in [4.78, 5) is 30.4. The maximum Gasteiger partial charge on any atom is 0.533 e. The van der Waals surface area contributed by atoms with E-state index in [1.165, 1.54) is 0 Å². The quantitative estimate of drug-likeness (QED) is 0.647. The normalized spacial score (nSPS) is 9.14. The molecule has 0 spiro atoms. The maximum atomic E-state index is 10.5. The number of carboxylic acids is 2. The van der Waals surface area contributed by atoms with Gasteiger partial charge in [0.05, 0.1) is 24.1 Å². The molecule has 2 N–H and O–H groups in total. The number of carbonyl (C=O) groups excluding carboxylic acids is 1. The van der Waals surface area contributed by atoms with Crippen LogP contribution in [-0.2, 0) is 18.0 Å². The Bertz CT molecular complexity index is 206. The third kappa shape index (κ3) is 9.00. The fourth-order valence-electron chi connectivity index (χ4n) is 0.270. The van der Waals surface area contributed by atoms with Crippen LogP contribution in [0, 0.1) is 0 Å². The molecule has 0 aliphatic rings. The summed E-state index contributed by atoms with van der Waals surface area (Å²) in [5.41, 5.74) is 0. The third-order valence-electron chi connectivity index (χ3n) is 0.619. The molecule has 0 bridgehead atoms. The first-order valence-electron chi connectivity index (χ1n) is 3.09. The lowest BCUT2D eigenvalue weighted by molar-refractivity contribution is -0.135. The molecule has 0 aromatic heterocycles. The minimum Gasteiger partial charge on any atom is -0.481 e. The van der Waals surface area contributed by atoms with Crippen LogP contribution in [0.1, 0.15) is 0 Å². The highest BCUT2D eigenvalue weighted by Gasteiger charge is 2.09. The van der Waals surface area contributed by atoms with E-state index in [4.69, 9.17) is 10.2 Å². The van der Waals surface area contributed by atoms with Gasteiger partial charge < -0.3 is 18.6 Å². The van der Waals surface area contributed by atoms with Crippen molar-refractivity contribution in [3.8, 4) is 0 Å². The number of carboxylic acid groups (broad SMARTS) is 2. The predicted molar refractivity (Wildman–Crippen MR) is 47.8 cm³/mol. The van der Waals surface area contributed by atoms with Crippen LogP contribution in [0.2, 0.25) is 0 Å². The minimum atomic E-state index is -1.14. The van der Waals surface area contributed by atoms with Gasteiger partial charge in [-0.15, -0.1) is 0 Å². The van der Waals surface area contributed by atoms with Gasteiger partial charge in [-0.1, -0.05) is 0 Å². The number of carbonyl (C=O) groups is 3. The van der Waals surface area contributed by atoms with Gasteiger partial charge in [0.2, 0.25) is 0 Å². The van der Waals surface area contributed by atoms with Crippen molar-refractivity contribution in [2.45, 2.75) is 0 Å². The Balaban J connectivity index is 3.37. The fraction of sp³-hybridized carbons (Fsp3) is 0.400. The molecule has 0 aromatic rings. The molecule has 80 valence electrons. The molecular weight excluding hydrogens is 236 g/mol. The average Bonchev–Trinajstić information content (AvgIpc) is 2.02. The molecule has 0 amide bonds. The maximum absolute atomic E-state index is 10.5. The van der Waals surface area contributed by atoms with Crippen molar-refractivity contribution in [3.05, 3.63) is 0 Å². The number of aliphatic carboxylic acids is 2. The Hall–Kier alpha value is -1.09. The van der Waals surface area contributed by atoms with Crippen LogP contribution < -0.4 is 0 Å². The van der Waals surface area contributed by atoms with E-state index in [0.29, 0.717) is 24.1 Å². The Morgan fingerprint density at radius 3 is 1.57 bits per heavy atom.